The molecule has 1 heterocycles. The van der Waals surface area contributed by atoms with Gasteiger partial charge in [0, 0.05) is 12.5 Å². The van der Waals surface area contributed by atoms with Gasteiger partial charge < -0.3 is 10.8 Å². The lowest BCUT2D eigenvalue weighted by Crippen LogP contribution is -2.52. The van der Waals surface area contributed by atoms with E-state index in [0.717, 1.165) is 44.9 Å². The van der Waals surface area contributed by atoms with Crippen molar-refractivity contribution in [3.05, 3.63) is 0 Å². The van der Waals surface area contributed by atoms with Gasteiger partial charge in [-0.05, 0) is 44.9 Å². The molecule has 5 nitrogen and oxygen atoms in total. The summed E-state index contributed by atoms with van der Waals surface area (Å²) < 4.78 is 0. The standard InChI is InChI=1S/C13H21N3O2/c1-16-10(18)13(15-11(16)14)6-2-5-12(13)7-3-9(17)4-8-12/h9,17H,2-8H2,1H3,(H2,14,15). The van der Waals surface area contributed by atoms with Gasteiger partial charge in [0.15, 0.2) is 5.96 Å². The summed E-state index contributed by atoms with van der Waals surface area (Å²) in [6, 6.07) is 0. The molecular formula is C13H21N3O2. The number of nitrogens with zero attached hydrogens (tertiary/aromatic N) is 2. The first-order chi connectivity index (χ1) is 8.51. The number of carbonyl (C=O) groups excluding carboxylic acids is 1. The molecule has 0 aromatic heterocycles. The Hall–Kier alpha value is -1.10. The van der Waals surface area contributed by atoms with Gasteiger partial charge in [-0.3, -0.25) is 9.69 Å². The van der Waals surface area contributed by atoms with E-state index in [1.165, 1.54) is 4.90 Å². The third-order valence-corrected chi connectivity index (χ3v) is 5.29. The fraction of sp³-hybridized carbons (Fsp3) is 0.846. The number of nitrogens with two attached hydrogens (primary N) is 1. The molecule has 18 heavy (non-hydrogen) atoms. The van der Waals surface area contributed by atoms with Crippen molar-refractivity contribution < 1.29 is 9.90 Å². The number of likely N-dealkylation sites (N-methyl/N-ethyl adjacent to an activating group) is 1. The van der Waals surface area contributed by atoms with Crippen LogP contribution in [0.15, 0.2) is 4.99 Å². The summed E-state index contributed by atoms with van der Waals surface area (Å²) in [5.74, 6) is 0.418. The molecule has 1 unspecified atom stereocenters. The molecule has 1 amide bonds. The highest BCUT2D eigenvalue weighted by atomic mass is 16.3. The van der Waals surface area contributed by atoms with Gasteiger partial charge in [0.2, 0.25) is 0 Å². The molecule has 100 valence electrons. The van der Waals surface area contributed by atoms with Crippen molar-refractivity contribution in [3.8, 4) is 0 Å². The lowest BCUT2D eigenvalue weighted by molar-refractivity contribution is -0.135. The van der Waals surface area contributed by atoms with Gasteiger partial charge in [-0.15, -0.1) is 0 Å². The molecule has 0 saturated heterocycles. The van der Waals surface area contributed by atoms with Crippen LogP contribution >= 0.6 is 0 Å². The van der Waals surface area contributed by atoms with Gasteiger partial charge >= 0.3 is 0 Å². The number of carbonyl (C=O) groups is 1. The molecule has 3 aliphatic rings. The lowest BCUT2D eigenvalue weighted by atomic mass is 9.63. The predicted molar refractivity (Wildman–Crippen MR) is 67.9 cm³/mol. The Kier molecular flexibility index (Phi) is 2.46. The molecule has 0 radical (unpaired) electrons. The van der Waals surface area contributed by atoms with Crippen molar-refractivity contribution in [2.45, 2.75) is 56.6 Å². The second-order valence-electron chi connectivity index (χ2n) is 6.06. The second-order valence-corrected chi connectivity index (χ2v) is 6.06. The Balaban J connectivity index is 1.99. The van der Waals surface area contributed by atoms with E-state index < -0.39 is 5.54 Å². The van der Waals surface area contributed by atoms with Crippen LogP contribution < -0.4 is 5.73 Å². The van der Waals surface area contributed by atoms with E-state index in [-0.39, 0.29) is 17.4 Å². The highest BCUT2D eigenvalue weighted by Crippen LogP contribution is 2.58. The molecule has 0 bridgehead atoms. The van der Waals surface area contributed by atoms with Crippen LogP contribution in [0.25, 0.3) is 0 Å². The smallest absolute Gasteiger partial charge is 0.257 e. The number of rotatable bonds is 0. The Bertz CT molecular complexity index is 412. The van der Waals surface area contributed by atoms with Gasteiger partial charge in [-0.25, -0.2) is 4.99 Å². The number of aliphatic hydroxyl groups is 1. The molecule has 0 aromatic carbocycles. The van der Waals surface area contributed by atoms with Crippen molar-refractivity contribution >= 4 is 11.9 Å². The molecule has 0 aromatic rings. The van der Waals surface area contributed by atoms with Gasteiger partial charge in [-0.1, -0.05) is 0 Å². The Labute approximate surface area is 107 Å². The van der Waals surface area contributed by atoms with E-state index in [1.807, 2.05) is 0 Å². The molecule has 2 aliphatic carbocycles. The number of fused-ring (bicyclic) bond motifs is 1. The van der Waals surface area contributed by atoms with Crippen molar-refractivity contribution in [2.24, 2.45) is 16.1 Å². The lowest BCUT2D eigenvalue weighted by Gasteiger charge is -2.44. The van der Waals surface area contributed by atoms with Gasteiger partial charge in [0.1, 0.15) is 5.54 Å². The number of hydrogen-bond donors (Lipinski definition) is 2. The van der Waals surface area contributed by atoms with Gasteiger partial charge in [0.05, 0.1) is 6.10 Å². The van der Waals surface area contributed by atoms with E-state index in [2.05, 4.69) is 4.99 Å². The Morgan fingerprint density at radius 1 is 1.33 bits per heavy atom. The van der Waals surface area contributed by atoms with Crippen molar-refractivity contribution in [1.82, 2.24) is 4.90 Å². The Morgan fingerprint density at radius 3 is 2.56 bits per heavy atom. The quantitative estimate of drug-likeness (QED) is 0.662. The zero-order valence-corrected chi connectivity index (χ0v) is 10.9. The molecule has 5 heteroatoms. The molecule has 3 N–H and O–H groups in total. The average molecular weight is 251 g/mol. The number of amides is 1. The van der Waals surface area contributed by atoms with Crippen LogP contribution in [0.1, 0.15) is 44.9 Å². The van der Waals surface area contributed by atoms with Crippen LogP contribution in [0.5, 0.6) is 0 Å². The van der Waals surface area contributed by atoms with E-state index in [9.17, 15) is 9.90 Å². The van der Waals surface area contributed by atoms with Crippen LogP contribution in [0, 0.1) is 5.41 Å². The first-order valence-corrected chi connectivity index (χ1v) is 6.82. The first-order valence-electron chi connectivity index (χ1n) is 6.82. The molecule has 1 aliphatic heterocycles. The maximum absolute atomic E-state index is 12.6. The third kappa shape index (κ3) is 1.31. The van der Waals surface area contributed by atoms with Crippen molar-refractivity contribution in [1.29, 1.82) is 0 Å². The monoisotopic (exact) mass is 251 g/mol. The fourth-order valence-corrected chi connectivity index (χ4v) is 4.18. The summed E-state index contributed by atoms with van der Waals surface area (Å²) in [7, 11) is 1.71. The van der Waals surface area contributed by atoms with Crippen molar-refractivity contribution in [3.63, 3.8) is 0 Å². The topological polar surface area (TPSA) is 78.9 Å². The van der Waals surface area contributed by atoms with E-state index in [0.29, 0.717) is 5.96 Å². The summed E-state index contributed by atoms with van der Waals surface area (Å²) >= 11 is 0. The van der Waals surface area contributed by atoms with E-state index in [1.54, 1.807) is 7.05 Å². The van der Waals surface area contributed by atoms with Crippen LogP contribution in [0.2, 0.25) is 0 Å². The van der Waals surface area contributed by atoms with Gasteiger partial charge in [0.25, 0.3) is 5.91 Å². The van der Waals surface area contributed by atoms with Crippen LogP contribution in [-0.4, -0.2) is 40.6 Å². The maximum atomic E-state index is 12.6. The molecular weight excluding hydrogens is 230 g/mol. The zero-order chi connectivity index (χ0) is 13.0. The number of aliphatic hydroxyl groups excluding tert-OH is 1. The average Bonchev–Trinajstić information content (AvgIpc) is 2.80. The van der Waals surface area contributed by atoms with Gasteiger partial charge in [-0.2, -0.15) is 0 Å². The maximum Gasteiger partial charge on any atom is 0.257 e. The van der Waals surface area contributed by atoms with Crippen LogP contribution in [0.3, 0.4) is 0 Å². The summed E-state index contributed by atoms with van der Waals surface area (Å²) in [4.78, 5) is 18.6. The molecule has 2 spiro atoms. The number of aliphatic imine (C=N–C) groups is 1. The van der Waals surface area contributed by atoms with Crippen molar-refractivity contribution in [2.75, 3.05) is 7.05 Å². The van der Waals surface area contributed by atoms with Crippen LogP contribution in [0.4, 0.5) is 0 Å². The summed E-state index contributed by atoms with van der Waals surface area (Å²) in [5.41, 5.74) is 5.17. The normalized spacial score (nSPS) is 44.1. The Morgan fingerprint density at radius 2 is 2.00 bits per heavy atom. The first kappa shape index (κ1) is 12.0. The molecule has 1 atom stereocenters. The summed E-state index contributed by atoms with van der Waals surface area (Å²) in [5, 5.41) is 9.70. The fourth-order valence-electron chi connectivity index (χ4n) is 4.18. The third-order valence-electron chi connectivity index (χ3n) is 5.29. The minimum Gasteiger partial charge on any atom is -0.393 e. The highest BCUT2D eigenvalue weighted by molar-refractivity contribution is 6.07. The SMILES string of the molecule is CN1C(=O)C2(CCCC23CCC(O)CC3)N=C1N. The predicted octanol–water partition coefficient (Wildman–Crippen LogP) is 0.617. The molecule has 2 saturated carbocycles. The van der Waals surface area contributed by atoms with E-state index in [4.69, 9.17) is 5.73 Å². The molecule has 2 fully saturated rings. The second kappa shape index (κ2) is 3.70. The minimum absolute atomic E-state index is 0.0569. The van der Waals surface area contributed by atoms with E-state index >= 15 is 0 Å². The number of hydrogen-bond acceptors (Lipinski definition) is 4. The number of guanidine groups is 1. The minimum atomic E-state index is -0.619. The highest BCUT2D eigenvalue weighted by Gasteiger charge is 2.63. The largest absolute Gasteiger partial charge is 0.393 e. The molecule has 3 rings (SSSR count). The van der Waals surface area contributed by atoms with Crippen LogP contribution in [-0.2, 0) is 4.79 Å². The zero-order valence-electron chi connectivity index (χ0n) is 10.9. The summed E-state index contributed by atoms with van der Waals surface area (Å²) in [6.45, 7) is 0. The summed E-state index contributed by atoms with van der Waals surface area (Å²) in [6.07, 6.45) is 6.04.